The molecular weight excluding hydrogens is 214 g/mol. The fourth-order valence-electron chi connectivity index (χ4n) is 1.06. The largest absolute Gasteiger partial charge is 0.325 e. The van der Waals surface area contributed by atoms with E-state index in [1.807, 2.05) is 30.5 Å². The molecule has 1 rings (SSSR count). The van der Waals surface area contributed by atoms with Crippen LogP contribution in [0.25, 0.3) is 0 Å². The number of hydrogen-bond acceptors (Lipinski definition) is 3. The summed E-state index contributed by atoms with van der Waals surface area (Å²) in [7, 11) is 0. The van der Waals surface area contributed by atoms with Crippen molar-refractivity contribution in [2.45, 2.75) is 11.3 Å². The Kier molecular flexibility index (Phi) is 4.90. The van der Waals surface area contributed by atoms with Crippen molar-refractivity contribution in [3.05, 3.63) is 24.3 Å². The van der Waals surface area contributed by atoms with Gasteiger partial charge in [0.2, 0.25) is 5.91 Å². The number of thiol groups is 1. The molecule has 0 saturated heterocycles. The first-order valence-electron chi connectivity index (χ1n) is 4.31. The van der Waals surface area contributed by atoms with Crippen molar-refractivity contribution in [2.24, 2.45) is 0 Å². The zero-order valence-corrected chi connectivity index (χ0v) is 9.70. The Morgan fingerprint density at radius 1 is 1.50 bits per heavy atom. The predicted octanol–water partition coefficient (Wildman–Crippen LogP) is 2.67. The SMILES string of the molecule is CSc1ccccc1NC(=O)CCS. The Labute approximate surface area is 93.9 Å². The lowest BCUT2D eigenvalue weighted by Gasteiger charge is -2.07. The fourth-order valence-corrected chi connectivity index (χ4v) is 1.82. The zero-order valence-electron chi connectivity index (χ0n) is 7.99. The van der Waals surface area contributed by atoms with Gasteiger partial charge in [0.25, 0.3) is 0 Å². The van der Waals surface area contributed by atoms with Crippen LogP contribution in [-0.2, 0) is 4.79 Å². The van der Waals surface area contributed by atoms with Crippen LogP contribution in [0.4, 0.5) is 5.69 Å². The smallest absolute Gasteiger partial charge is 0.225 e. The first kappa shape index (κ1) is 11.5. The van der Waals surface area contributed by atoms with E-state index in [1.54, 1.807) is 11.8 Å². The molecule has 0 aliphatic carbocycles. The highest BCUT2D eigenvalue weighted by Gasteiger charge is 2.04. The molecule has 4 heteroatoms. The third-order valence-corrected chi connectivity index (χ3v) is 2.74. The van der Waals surface area contributed by atoms with Gasteiger partial charge in [0.1, 0.15) is 0 Å². The lowest BCUT2D eigenvalue weighted by atomic mass is 10.3. The van der Waals surface area contributed by atoms with E-state index in [4.69, 9.17) is 0 Å². The number of amides is 1. The quantitative estimate of drug-likeness (QED) is 0.611. The molecule has 0 bridgehead atoms. The van der Waals surface area contributed by atoms with E-state index in [0.29, 0.717) is 12.2 Å². The van der Waals surface area contributed by atoms with Crippen molar-refractivity contribution < 1.29 is 4.79 Å². The lowest BCUT2D eigenvalue weighted by Crippen LogP contribution is -2.12. The molecular formula is C10H13NOS2. The summed E-state index contributed by atoms with van der Waals surface area (Å²) in [5.41, 5.74) is 0.881. The van der Waals surface area contributed by atoms with Crippen molar-refractivity contribution >= 4 is 36.0 Å². The molecule has 0 fully saturated rings. The molecule has 0 saturated carbocycles. The molecule has 1 aromatic carbocycles. The molecule has 1 N–H and O–H groups in total. The lowest BCUT2D eigenvalue weighted by molar-refractivity contribution is -0.115. The van der Waals surface area contributed by atoms with Gasteiger partial charge < -0.3 is 5.32 Å². The van der Waals surface area contributed by atoms with Gasteiger partial charge in [-0.3, -0.25) is 4.79 Å². The molecule has 1 amide bonds. The number of thioether (sulfide) groups is 1. The summed E-state index contributed by atoms with van der Waals surface area (Å²) >= 11 is 5.63. The summed E-state index contributed by atoms with van der Waals surface area (Å²) < 4.78 is 0. The minimum Gasteiger partial charge on any atom is -0.325 e. The van der Waals surface area contributed by atoms with Crippen molar-refractivity contribution in [2.75, 3.05) is 17.3 Å². The molecule has 2 nitrogen and oxygen atoms in total. The van der Waals surface area contributed by atoms with Gasteiger partial charge in [0.15, 0.2) is 0 Å². The number of anilines is 1. The molecule has 76 valence electrons. The molecule has 0 unspecified atom stereocenters. The molecule has 0 heterocycles. The summed E-state index contributed by atoms with van der Waals surface area (Å²) in [5, 5.41) is 2.85. The standard InChI is InChI=1S/C10H13NOS2/c1-14-9-5-3-2-4-8(9)11-10(12)6-7-13/h2-5,13H,6-7H2,1H3,(H,11,12). The Morgan fingerprint density at radius 3 is 2.86 bits per heavy atom. The van der Waals surface area contributed by atoms with Gasteiger partial charge in [0.05, 0.1) is 5.69 Å². The topological polar surface area (TPSA) is 29.1 Å². The summed E-state index contributed by atoms with van der Waals surface area (Å²) in [5.74, 6) is 0.592. The maximum Gasteiger partial charge on any atom is 0.225 e. The Balaban J connectivity index is 2.70. The van der Waals surface area contributed by atoms with E-state index < -0.39 is 0 Å². The number of benzene rings is 1. The van der Waals surface area contributed by atoms with Gasteiger partial charge in [-0.05, 0) is 24.1 Å². The van der Waals surface area contributed by atoms with Crippen LogP contribution < -0.4 is 5.32 Å². The van der Waals surface area contributed by atoms with Crippen LogP contribution in [-0.4, -0.2) is 17.9 Å². The predicted molar refractivity (Wildman–Crippen MR) is 65.3 cm³/mol. The maximum atomic E-state index is 11.3. The van der Waals surface area contributed by atoms with Gasteiger partial charge >= 0.3 is 0 Å². The van der Waals surface area contributed by atoms with Gasteiger partial charge in [-0.1, -0.05) is 12.1 Å². The third kappa shape index (κ3) is 3.27. The fraction of sp³-hybridized carbons (Fsp3) is 0.300. The van der Waals surface area contributed by atoms with E-state index in [9.17, 15) is 4.79 Å². The van der Waals surface area contributed by atoms with E-state index in [2.05, 4.69) is 17.9 Å². The molecule has 0 aliphatic rings. The van der Waals surface area contributed by atoms with Crippen molar-refractivity contribution in [1.82, 2.24) is 0 Å². The van der Waals surface area contributed by atoms with E-state index in [1.165, 1.54) is 0 Å². The van der Waals surface area contributed by atoms with Crippen LogP contribution in [0.2, 0.25) is 0 Å². The maximum absolute atomic E-state index is 11.3. The van der Waals surface area contributed by atoms with E-state index >= 15 is 0 Å². The minimum absolute atomic E-state index is 0.0153. The van der Waals surface area contributed by atoms with E-state index in [-0.39, 0.29) is 5.91 Å². The van der Waals surface area contributed by atoms with Crippen LogP contribution >= 0.6 is 24.4 Å². The Bertz CT molecular complexity index is 315. The van der Waals surface area contributed by atoms with Crippen LogP contribution in [0.3, 0.4) is 0 Å². The van der Waals surface area contributed by atoms with E-state index in [0.717, 1.165) is 10.6 Å². The summed E-state index contributed by atoms with van der Waals surface area (Å²) in [6, 6.07) is 7.76. The Morgan fingerprint density at radius 2 is 2.21 bits per heavy atom. The van der Waals surface area contributed by atoms with Gasteiger partial charge in [-0.15, -0.1) is 11.8 Å². The average molecular weight is 227 g/mol. The average Bonchev–Trinajstić information content (AvgIpc) is 2.19. The first-order chi connectivity index (χ1) is 6.77. The highest BCUT2D eigenvalue weighted by atomic mass is 32.2. The minimum atomic E-state index is 0.0153. The second kappa shape index (κ2) is 5.98. The summed E-state index contributed by atoms with van der Waals surface area (Å²) in [6.45, 7) is 0. The number of rotatable bonds is 4. The molecule has 0 atom stereocenters. The Hall–Kier alpha value is -0.610. The number of nitrogens with one attached hydrogen (secondary N) is 1. The second-order valence-corrected chi connectivity index (χ2v) is 4.02. The number of para-hydroxylation sites is 1. The zero-order chi connectivity index (χ0) is 10.4. The number of carbonyl (C=O) groups excluding carboxylic acids is 1. The molecule has 14 heavy (non-hydrogen) atoms. The highest BCUT2D eigenvalue weighted by Crippen LogP contribution is 2.24. The van der Waals surface area contributed by atoms with Gasteiger partial charge in [-0.25, -0.2) is 0 Å². The van der Waals surface area contributed by atoms with Crippen LogP contribution in [0.1, 0.15) is 6.42 Å². The molecule has 0 radical (unpaired) electrons. The number of carbonyl (C=O) groups is 1. The number of hydrogen-bond donors (Lipinski definition) is 2. The van der Waals surface area contributed by atoms with Gasteiger partial charge in [0, 0.05) is 11.3 Å². The van der Waals surface area contributed by atoms with Crippen LogP contribution in [0.5, 0.6) is 0 Å². The van der Waals surface area contributed by atoms with Crippen molar-refractivity contribution in [3.63, 3.8) is 0 Å². The monoisotopic (exact) mass is 227 g/mol. The molecule has 0 aromatic heterocycles. The summed E-state index contributed by atoms with van der Waals surface area (Å²) in [6.07, 6.45) is 2.44. The normalized spacial score (nSPS) is 9.86. The van der Waals surface area contributed by atoms with Crippen molar-refractivity contribution in [1.29, 1.82) is 0 Å². The second-order valence-electron chi connectivity index (χ2n) is 2.72. The molecule has 1 aromatic rings. The highest BCUT2D eigenvalue weighted by molar-refractivity contribution is 7.98. The van der Waals surface area contributed by atoms with Gasteiger partial charge in [-0.2, -0.15) is 12.6 Å². The van der Waals surface area contributed by atoms with Crippen molar-refractivity contribution in [3.8, 4) is 0 Å². The van der Waals surface area contributed by atoms with Crippen LogP contribution in [0, 0.1) is 0 Å². The summed E-state index contributed by atoms with van der Waals surface area (Å²) in [4.78, 5) is 12.4. The van der Waals surface area contributed by atoms with Crippen LogP contribution in [0.15, 0.2) is 29.2 Å². The first-order valence-corrected chi connectivity index (χ1v) is 6.17. The molecule has 0 spiro atoms. The third-order valence-electron chi connectivity index (χ3n) is 1.72. The molecule has 0 aliphatic heterocycles.